The predicted molar refractivity (Wildman–Crippen MR) is 104 cm³/mol. The number of hydrogen-bond acceptors (Lipinski definition) is 6. The van der Waals surface area contributed by atoms with Gasteiger partial charge in [-0.05, 0) is 45.1 Å². The summed E-state index contributed by atoms with van der Waals surface area (Å²) in [4.78, 5) is 12.4. The van der Waals surface area contributed by atoms with Gasteiger partial charge < -0.3 is 10.6 Å². The predicted octanol–water partition coefficient (Wildman–Crippen LogP) is 3.73. The van der Waals surface area contributed by atoms with Crippen molar-refractivity contribution >= 4 is 34.1 Å². The van der Waals surface area contributed by atoms with Crippen molar-refractivity contribution < 1.29 is 4.79 Å². The summed E-state index contributed by atoms with van der Waals surface area (Å²) in [5.41, 5.74) is 1.30. The van der Waals surface area contributed by atoms with Crippen LogP contribution in [0.4, 0.5) is 5.13 Å². The lowest BCUT2D eigenvalue weighted by Gasteiger charge is -2.16. The summed E-state index contributed by atoms with van der Waals surface area (Å²) in [6.07, 6.45) is 4.32. The Balaban J connectivity index is 1.41. The maximum atomic E-state index is 12.4. The minimum absolute atomic E-state index is 0.0532. The average Bonchev–Trinajstić information content (AvgIpc) is 3.32. The first kappa shape index (κ1) is 18.2. The number of nitrogens with zero attached hydrogens (tertiary/aromatic N) is 2. The molecule has 1 heterocycles. The topological polar surface area (TPSA) is 66.9 Å². The summed E-state index contributed by atoms with van der Waals surface area (Å²) >= 11 is 2.99. The van der Waals surface area contributed by atoms with Gasteiger partial charge in [-0.15, -0.1) is 10.2 Å². The highest BCUT2D eigenvalue weighted by atomic mass is 32.2. The van der Waals surface area contributed by atoms with Crippen LogP contribution in [0.3, 0.4) is 0 Å². The molecule has 1 fully saturated rings. The molecule has 1 aliphatic carbocycles. The molecule has 2 unspecified atom stereocenters. The Bertz CT molecular complexity index is 687. The molecule has 1 aliphatic rings. The van der Waals surface area contributed by atoms with Crippen molar-refractivity contribution in [2.75, 3.05) is 5.32 Å². The monoisotopic (exact) mass is 376 g/mol. The molecule has 3 rings (SSSR count). The number of amides is 1. The van der Waals surface area contributed by atoms with E-state index in [4.69, 9.17) is 0 Å². The molecule has 2 aromatic rings. The molecule has 0 bridgehead atoms. The molecule has 2 atom stereocenters. The standard InChI is InChI=1S/C18H24N4OS2/c1-12(8-9-14-6-4-3-5-7-14)19-16(23)13(2)24-18-22-21-17(25-18)20-15-10-11-15/h3-7,12-13,15H,8-11H2,1-2H3,(H,19,23)(H,20,21). The van der Waals surface area contributed by atoms with Crippen LogP contribution in [0.1, 0.15) is 38.7 Å². The molecule has 1 aromatic carbocycles. The quantitative estimate of drug-likeness (QED) is 0.653. The molecule has 134 valence electrons. The fourth-order valence-corrected chi connectivity index (χ4v) is 4.37. The number of aryl methyl sites for hydroxylation is 1. The van der Waals surface area contributed by atoms with Gasteiger partial charge in [-0.2, -0.15) is 0 Å². The lowest BCUT2D eigenvalue weighted by molar-refractivity contribution is -0.120. The summed E-state index contributed by atoms with van der Waals surface area (Å²) in [6.45, 7) is 3.97. The minimum Gasteiger partial charge on any atom is -0.357 e. The Kier molecular flexibility index (Phi) is 6.31. The SMILES string of the molecule is CC(CCc1ccccc1)NC(=O)C(C)Sc1nnc(NC2CC2)s1. The van der Waals surface area contributed by atoms with Gasteiger partial charge in [0.15, 0.2) is 4.34 Å². The van der Waals surface area contributed by atoms with Crippen LogP contribution in [0, 0.1) is 0 Å². The van der Waals surface area contributed by atoms with Crippen LogP contribution in [0.5, 0.6) is 0 Å². The number of hydrogen-bond donors (Lipinski definition) is 2. The number of thioether (sulfide) groups is 1. The van der Waals surface area contributed by atoms with Gasteiger partial charge in [0.05, 0.1) is 5.25 Å². The van der Waals surface area contributed by atoms with E-state index < -0.39 is 0 Å². The van der Waals surface area contributed by atoms with E-state index in [1.165, 1.54) is 41.5 Å². The molecule has 1 aromatic heterocycles. The van der Waals surface area contributed by atoms with Gasteiger partial charge >= 0.3 is 0 Å². The summed E-state index contributed by atoms with van der Waals surface area (Å²) < 4.78 is 0.836. The highest BCUT2D eigenvalue weighted by molar-refractivity contribution is 8.02. The zero-order valence-electron chi connectivity index (χ0n) is 14.6. The van der Waals surface area contributed by atoms with E-state index in [-0.39, 0.29) is 17.2 Å². The fourth-order valence-electron chi connectivity index (χ4n) is 2.38. The Morgan fingerprint density at radius 2 is 2.04 bits per heavy atom. The minimum atomic E-state index is -0.180. The van der Waals surface area contributed by atoms with Crippen molar-refractivity contribution in [3.05, 3.63) is 35.9 Å². The van der Waals surface area contributed by atoms with Gasteiger partial charge in [-0.1, -0.05) is 53.4 Å². The van der Waals surface area contributed by atoms with Crippen LogP contribution >= 0.6 is 23.1 Å². The second-order valence-corrected chi connectivity index (χ2v) is 9.05. The third-order valence-electron chi connectivity index (χ3n) is 4.06. The van der Waals surface area contributed by atoms with Crippen LogP contribution in [0.25, 0.3) is 0 Å². The van der Waals surface area contributed by atoms with E-state index in [0.717, 1.165) is 22.3 Å². The smallest absolute Gasteiger partial charge is 0.233 e. The van der Waals surface area contributed by atoms with Crippen LogP contribution in [-0.4, -0.2) is 33.4 Å². The van der Waals surface area contributed by atoms with Crippen molar-refractivity contribution in [2.45, 2.75) is 61.2 Å². The molecular formula is C18H24N4OS2. The second kappa shape index (κ2) is 8.67. The van der Waals surface area contributed by atoms with Crippen LogP contribution in [0.15, 0.2) is 34.7 Å². The van der Waals surface area contributed by atoms with Crippen molar-refractivity contribution in [3.8, 4) is 0 Å². The summed E-state index contributed by atoms with van der Waals surface area (Å²) in [6, 6.07) is 11.1. The summed E-state index contributed by atoms with van der Waals surface area (Å²) in [5, 5.41) is 15.4. The molecule has 1 amide bonds. The Labute approximate surface area is 157 Å². The van der Waals surface area contributed by atoms with Crippen LogP contribution in [0.2, 0.25) is 0 Å². The van der Waals surface area contributed by atoms with Crippen molar-refractivity contribution in [1.82, 2.24) is 15.5 Å². The third-order valence-corrected chi connectivity index (χ3v) is 6.09. The van der Waals surface area contributed by atoms with E-state index in [0.29, 0.717) is 6.04 Å². The molecule has 0 spiro atoms. The van der Waals surface area contributed by atoms with Crippen molar-refractivity contribution in [3.63, 3.8) is 0 Å². The number of rotatable bonds is 9. The lowest BCUT2D eigenvalue weighted by atomic mass is 10.1. The lowest BCUT2D eigenvalue weighted by Crippen LogP contribution is -2.37. The molecule has 0 saturated heterocycles. The van der Waals surface area contributed by atoms with Gasteiger partial charge in [0.25, 0.3) is 0 Å². The zero-order valence-corrected chi connectivity index (χ0v) is 16.2. The van der Waals surface area contributed by atoms with Gasteiger partial charge in [-0.3, -0.25) is 4.79 Å². The second-order valence-electron chi connectivity index (χ2n) is 6.49. The van der Waals surface area contributed by atoms with Gasteiger partial charge in [0.1, 0.15) is 0 Å². The Hall–Kier alpha value is -1.60. The largest absolute Gasteiger partial charge is 0.357 e. The molecule has 1 saturated carbocycles. The molecule has 2 N–H and O–H groups in total. The molecule has 5 nitrogen and oxygen atoms in total. The molecule has 7 heteroatoms. The van der Waals surface area contributed by atoms with Crippen molar-refractivity contribution in [1.29, 1.82) is 0 Å². The number of anilines is 1. The Morgan fingerprint density at radius 3 is 2.76 bits per heavy atom. The van der Waals surface area contributed by atoms with E-state index in [1.54, 1.807) is 0 Å². The molecule has 0 radical (unpaired) electrons. The molecule has 0 aliphatic heterocycles. The molecular weight excluding hydrogens is 352 g/mol. The van der Waals surface area contributed by atoms with Crippen LogP contribution < -0.4 is 10.6 Å². The fraction of sp³-hybridized carbons (Fsp3) is 0.500. The van der Waals surface area contributed by atoms with Crippen LogP contribution in [-0.2, 0) is 11.2 Å². The number of nitrogens with one attached hydrogen (secondary N) is 2. The molecule has 25 heavy (non-hydrogen) atoms. The first-order valence-electron chi connectivity index (χ1n) is 8.71. The third kappa shape index (κ3) is 6.01. The number of aromatic nitrogens is 2. The zero-order chi connectivity index (χ0) is 17.6. The van der Waals surface area contributed by atoms with Gasteiger partial charge in [0.2, 0.25) is 11.0 Å². The van der Waals surface area contributed by atoms with E-state index in [9.17, 15) is 4.79 Å². The maximum Gasteiger partial charge on any atom is 0.233 e. The number of benzene rings is 1. The van der Waals surface area contributed by atoms with E-state index >= 15 is 0 Å². The first-order valence-corrected chi connectivity index (χ1v) is 10.4. The maximum absolute atomic E-state index is 12.4. The highest BCUT2D eigenvalue weighted by Crippen LogP contribution is 2.32. The van der Waals surface area contributed by atoms with Gasteiger partial charge in [-0.25, -0.2) is 0 Å². The summed E-state index contributed by atoms with van der Waals surface area (Å²) in [7, 11) is 0. The van der Waals surface area contributed by atoms with Crippen molar-refractivity contribution in [2.24, 2.45) is 0 Å². The highest BCUT2D eigenvalue weighted by Gasteiger charge is 2.23. The normalized spacial score (nSPS) is 16.2. The van der Waals surface area contributed by atoms with E-state index in [1.807, 2.05) is 25.1 Å². The van der Waals surface area contributed by atoms with Gasteiger partial charge in [0, 0.05) is 12.1 Å². The first-order chi connectivity index (χ1) is 12.1. The Morgan fingerprint density at radius 1 is 1.28 bits per heavy atom. The average molecular weight is 377 g/mol. The summed E-state index contributed by atoms with van der Waals surface area (Å²) in [5.74, 6) is 0.0532. The number of carbonyl (C=O) groups excluding carboxylic acids is 1. The van der Waals surface area contributed by atoms with E-state index in [2.05, 4.69) is 39.9 Å². The number of carbonyl (C=O) groups is 1.